The molecule has 8 rings (SSSR count). The molecule has 6 aliphatic rings. The fraction of sp³-hybridized carbons (Fsp3) is 0.400. The summed E-state index contributed by atoms with van der Waals surface area (Å²) in [5.74, 6) is -0.393. The van der Waals surface area contributed by atoms with Crippen LogP contribution < -0.4 is 14.5 Å². The molecule has 2 aliphatic heterocycles. The molecule has 7 heteroatoms. The second-order valence-electron chi connectivity index (χ2n) is 11.2. The lowest BCUT2D eigenvalue weighted by Gasteiger charge is -2.37. The van der Waals surface area contributed by atoms with Gasteiger partial charge >= 0.3 is 5.97 Å². The Morgan fingerprint density at radius 2 is 1.59 bits per heavy atom. The average molecular weight is 497 g/mol. The highest BCUT2D eigenvalue weighted by Crippen LogP contribution is 2.65. The molecule has 2 aromatic rings. The van der Waals surface area contributed by atoms with Crippen LogP contribution in [0.3, 0.4) is 0 Å². The Kier molecular flexibility index (Phi) is 4.78. The Balaban J connectivity index is 1.08. The molecule has 2 heterocycles. The predicted molar refractivity (Wildman–Crippen MR) is 136 cm³/mol. The lowest BCUT2D eigenvalue weighted by atomic mass is 9.63. The average Bonchev–Trinajstić information content (AvgIpc) is 3.56. The molecule has 0 N–H and O–H groups in total. The Hall–Kier alpha value is -3.74. The molecule has 37 heavy (non-hydrogen) atoms. The summed E-state index contributed by atoms with van der Waals surface area (Å²) >= 11 is 0. The first-order valence-corrected chi connectivity index (χ1v) is 13.1. The number of imide groups is 1. The van der Waals surface area contributed by atoms with Gasteiger partial charge in [0.2, 0.25) is 17.7 Å². The minimum atomic E-state index is -0.595. The van der Waals surface area contributed by atoms with Gasteiger partial charge in [0.15, 0.2) is 0 Å². The minimum Gasteiger partial charge on any atom is -0.426 e. The molecule has 2 aromatic carbocycles. The maximum absolute atomic E-state index is 13.4. The van der Waals surface area contributed by atoms with E-state index in [0.29, 0.717) is 17.5 Å². The highest BCUT2D eigenvalue weighted by atomic mass is 16.5. The minimum absolute atomic E-state index is 0.0798. The highest BCUT2D eigenvalue weighted by Gasteiger charge is 2.67. The first-order chi connectivity index (χ1) is 17.8. The molecule has 7 nitrogen and oxygen atoms in total. The number of anilines is 2. The first kappa shape index (κ1) is 22.5. The van der Waals surface area contributed by atoms with Crippen LogP contribution in [0.4, 0.5) is 11.4 Å². The monoisotopic (exact) mass is 496 g/mol. The van der Waals surface area contributed by atoms with Crippen LogP contribution in [0.15, 0.2) is 54.6 Å². The number of hydrogen-bond acceptors (Lipinski definition) is 5. The third-order valence-corrected chi connectivity index (χ3v) is 9.28. The standard InChI is InChI=1S/C30H28N2O5/c1-15-5-3-8-24(16(15)2)31-14-17(11-25(31)33)30(36)37-19-7-4-6-18(12-19)32-28(34)26-20-9-10-21(23-13-22(20)23)27(26)29(32)35/h3-10,12,17,20-23,26-27H,11,13-14H2,1-2H3/t17-,20+,21+,22-,23+,26-,27-/m1/s1. The van der Waals surface area contributed by atoms with Crippen LogP contribution in [0.2, 0.25) is 0 Å². The fourth-order valence-electron chi connectivity index (χ4n) is 7.22. The van der Waals surface area contributed by atoms with E-state index in [1.165, 1.54) is 4.90 Å². The van der Waals surface area contributed by atoms with E-state index in [1.807, 2.05) is 32.0 Å². The van der Waals surface area contributed by atoms with Gasteiger partial charge in [-0.05, 0) is 73.3 Å². The molecule has 3 amide bonds. The van der Waals surface area contributed by atoms with Crippen LogP contribution >= 0.6 is 0 Å². The number of nitrogens with zero attached hydrogens (tertiary/aromatic N) is 2. The van der Waals surface area contributed by atoms with Gasteiger partial charge in [-0.1, -0.05) is 30.4 Å². The topological polar surface area (TPSA) is 84.0 Å². The maximum Gasteiger partial charge on any atom is 0.316 e. The lowest BCUT2D eigenvalue weighted by molar-refractivity contribution is -0.139. The SMILES string of the molecule is Cc1cccc(N2C[C@H](C(=O)Oc3cccc(N4C(=O)[C@@H]5[C@H]6C=C[C@@H]([C@@H]7C[C@H]67)[C@H]5C4=O)c3)CC2=O)c1C. The van der Waals surface area contributed by atoms with Crippen molar-refractivity contribution in [3.63, 3.8) is 0 Å². The second-order valence-corrected chi connectivity index (χ2v) is 11.2. The van der Waals surface area contributed by atoms with Crippen LogP contribution in [-0.4, -0.2) is 30.2 Å². The number of allylic oxidation sites excluding steroid dienone is 2. The van der Waals surface area contributed by atoms with E-state index in [4.69, 9.17) is 4.74 Å². The molecule has 0 unspecified atom stereocenters. The van der Waals surface area contributed by atoms with Gasteiger partial charge in [-0.15, -0.1) is 0 Å². The van der Waals surface area contributed by atoms with Gasteiger partial charge in [-0.25, -0.2) is 4.90 Å². The van der Waals surface area contributed by atoms with Crippen LogP contribution in [-0.2, 0) is 19.2 Å². The van der Waals surface area contributed by atoms with Crippen molar-refractivity contribution in [3.8, 4) is 5.75 Å². The quantitative estimate of drug-likeness (QED) is 0.278. The number of carbonyl (C=O) groups excluding carboxylic acids is 4. The molecule has 4 fully saturated rings. The van der Waals surface area contributed by atoms with Crippen molar-refractivity contribution in [3.05, 3.63) is 65.7 Å². The molecular formula is C30H28N2O5. The molecular weight excluding hydrogens is 468 g/mol. The van der Waals surface area contributed by atoms with Gasteiger partial charge in [0.25, 0.3) is 0 Å². The summed E-state index contributed by atoms with van der Waals surface area (Å²) in [6.45, 7) is 4.22. The number of esters is 1. The molecule has 2 saturated carbocycles. The number of hydrogen-bond donors (Lipinski definition) is 0. The Labute approximate surface area is 215 Å². The Bertz CT molecular complexity index is 1380. The molecule has 2 bridgehead atoms. The molecule has 0 aromatic heterocycles. The van der Waals surface area contributed by atoms with E-state index in [-0.39, 0.29) is 60.1 Å². The van der Waals surface area contributed by atoms with Crippen molar-refractivity contribution >= 4 is 35.1 Å². The van der Waals surface area contributed by atoms with Crippen LogP contribution in [0.25, 0.3) is 0 Å². The van der Waals surface area contributed by atoms with Crippen molar-refractivity contribution in [1.29, 1.82) is 0 Å². The van der Waals surface area contributed by atoms with Crippen LogP contribution in [0, 0.1) is 55.3 Å². The van der Waals surface area contributed by atoms with Gasteiger partial charge in [0.05, 0.1) is 23.4 Å². The zero-order valence-electron chi connectivity index (χ0n) is 20.8. The van der Waals surface area contributed by atoms with E-state index >= 15 is 0 Å². The largest absolute Gasteiger partial charge is 0.426 e. The van der Waals surface area contributed by atoms with E-state index in [9.17, 15) is 19.2 Å². The van der Waals surface area contributed by atoms with Crippen LogP contribution in [0.1, 0.15) is 24.0 Å². The van der Waals surface area contributed by atoms with Gasteiger partial charge in [-0.2, -0.15) is 0 Å². The number of benzene rings is 2. The molecule has 188 valence electrons. The normalized spacial score (nSPS) is 33.1. The van der Waals surface area contributed by atoms with E-state index in [0.717, 1.165) is 23.2 Å². The summed E-state index contributed by atoms with van der Waals surface area (Å²) in [5.41, 5.74) is 3.34. The van der Waals surface area contributed by atoms with Crippen molar-refractivity contribution in [2.75, 3.05) is 16.3 Å². The summed E-state index contributed by atoms with van der Waals surface area (Å²) in [4.78, 5) is 55.6. The summed E-state index contributed by atoms with van der Waals surface area (Å²) < 4.78 is 5.67. The highest BCUT2D eigenvalue weighted by molar-refractivity contribution is 6.22. The summed E-state index contributed by atoms with van der Waals surface area (Å²) in [6, 6.07) is 12.4. The summed E-state index contributed by atoms with van der Waals surface area (Å²) in [6.07, 6.45) is 5.50. The van der Waals surface area contributed by atoms with Crippen molar-refractivity contribution in [2.24, 2.45) is 41.4 Å². The molecule has 2 saturated heterocycles. The second kappa shape index (κ2) is 7.88. The van der Waals surface area contributed by atoms with E-state index < -0.39 is 11.9 Å². The molecule has 7 atom stereocenters. The lowest BCUT2D eigenvalue weighted by Crippen LogP contribution is -2.40. The van der Waals surface area contributed by atoms with E-state index in [2.05, 4.69) is 12.2 Å². The van der Waals surface area contributed by atoms with Gasteiger partial charge < -0.3 is 9.64 Å². The Morgan fingerprint density at radius 1 is 0.919 bits per heavy atom. The zero-order chi connectivity index (χ0) is 25.6. The number of aryl methyl sites for hydroxylation is 1. The Morgan fingerprint density at radius 3 is 2.30 bits per heavy atom. The summed E-state index contributed by atoms with van der Waals surface area (Å²) in [5, 5.41) is 0. The smallest absolute Gasteiger partial charge is 0.316 e. The van der Waals surface area contributed by atoms with Gasteiger partial charge in [0.1, 0.15) is 5.75 Å². The molecule has 0 spiro atoms. The van der Waals surface area contributed by atoms with Crippen molar-refractivity contribution in [1.82, 2.24) is 0 Å². The number of carbonyl (C=O) groups is 4. The molecule has 4 aliphatic carbocycles. The number of amides is 3. The first-order valence-electron chi connectivity index (χ1n) is 13.1. The van der Waals surface area contributed by atoms with Crippen molar-refractivity contribution < 1.29 is 23.9 Å². The third kappa shape index (κ3) is 3.26. The predicted octanol–water partition coefficient (Wildman–Crippen LogP) is 3.82. The van der Waals surface area contributed by atoms with E-state index in [1.54, 1.807) is 29.2 Å². The fourth-order valence-corrected chi connectivity index (χ4v) is 7.22. The maximum atomic E-state index is 13.4. The molecule has 0 radical (unpaired) electrons. The van der Waals surface area contributed by atoms with Gasteiger partial charge in [-0.3, -0.25) is 19.2 Å². The third-order valence-electron chi connectivity index (χ3n) is 9.28. The van der Waals surface area contributed by atoms with Gasteiger partial charge in [0, 0.05) is 24.7 Å². The number of ether oxygens (including phenoxy) is 1. The van der Waals surface area contributed by atoms with Crippen LogP contribution in [0.5, 0.6) is 5.75 Å². The van der Waals surface area contributed by atoms with Crippen molar-refractivity contribution in [2.45, 2.75) is 26.7 Å². The number of rotatable bonds is 4. The zero-order valence-corrected chi connectivity index (χ0v) is 20.8. The summed E-state index contributed by atoms with van der Waals surface area (Å²) in [7, 11) is 0.